The van der Waals surface area contributed by atoms with Gasteiger partial charge in [0, 0.05) is 51.4 Å². The van der Waals surface area contributed by atoms with Gasteiger partial charge in [-0.3, -0.25) is 0 Å². The third-order valence-electron chi connectivity index (χ3n) is 1.28. The Bertz CT molecular complexity index is 363. The van der Waals surface area contributed by atoms with E-state index in [-0.39, 0.29) is 57.1 Å². The van der Waals surface area contributed by atoms with Gasteiger partial charge in [-0.25, -0.2) is 17.9 Å². The van der Waals surface area contributed by atoms with E-state index < -0.39 is 15.8 Å². The molecule has 6 heteroatoms. The van der Waals surface area contributed by atoms with E-state index in [1.807, 2.05) is 0 Å². The molecule has 1 radical (unpaired) electrons. The monoisotopic (exact) mass is 228 g/mol. The van der Waals surface area contributed by atoms with Crippen molar-refractivity contribution in [3.8, 4) is 0 Å². The maximum Gasteiger partial charge on any atom is 0.213 e. The predicted octanol–water partition coefficient (Wildman–Crippen LogP) is 0.233. The van der Waals surface area contributed by atoms with Crippen LogP contribution in [0, 0.1) is 5.82 Å². The summed E-state index contributed by atoms with van der Waals surface area (Å²) in [5.74, 6) is -0.652. The SMILES string of the molecule is NS(=O)(=O)Cc1ccc(F)cc1.[K]. The van der Waals surface area contributed by atoms with Crippen LogP contribution in [0.25, 0.3) is 0 Å². The van der Waals surface area contributed by atoms with Gasteiger partial charge in [-0.2, -0.15) is 0 Å². The van der Waals surface area contributed by atoms with Crippen LogP contribution in [-0.4, -0.2) is 59.8 Å². The summed E-state index contributed by atoms with van der Waals surface area (Å²) in [4.78, 5) is 0. The number of primary sulfonamides is 1. The molecule has 0 atom stereocenters. The fourth-order valence-corrected chi connectivity index (χ4v) is 1.47. The molecule has 13 heavy (non-hydrogen) atoms. The van der Waals surface area contributed by atoms with Gasteiger partial charge in [-0.05, 0) is 17.7 Å². The summed E-state index contributed by atoms with van der Waals surface area (Å²) in [5, 5.41) is 4.78. The standard InChI is InChI=1S/C7H8FNO2S.K/c8-7-3-1-6(2-4-7)5-12(9,10)11;/h1-4H,5H2,(H2,9,10,11);. The van der Waals surface area contributed by atoms with E-state index in [9.17, 15) is 12.8 Å². The Hall–Kier alpha value is 0.696. The van der Waals surface area contributed by atoms with Gasteiger partial charge in [-0.1, -0.05) is 12.1 Å². The first-order valence-electron chi connectivity index (χ1n) is 3.22. The molecule has 67 valence electrons. The summed E-state index contributed by atoms with van der Waals surface area (Å²) in [6, 6.07) is 5.17. The number of rotatable bonds is 2. The zero-order valence-corrected chi connectivity index (χ0v) is 11.1. The summed E-state index contributed by atoms with van der Waals surface area (Å²) in [6.45, 7) is 0. The van der Waals surface area contributed by atoms with Crippen LogP contribution in [0.4, 0.5) is 4.39 Å². The second-order valence-electron chi connectivity index (χ2n) is 2.43. The number of benzene rings is 1. The van der Waals surface area contributed by atoms with Crippen molar-refractivity contribution in [2.75, 3.05) is 0 Å². The molecule has 0 spiro atoms. The molecule has 0 amide bonds. The summed E-state index contributed by atoms with van der Waals surface area (Å²) >= 11 is 0. The van der Waals surface area contributed by atoms with Crippen molar-refractivity contribution in [3.63, 3.8) is 0 Å². The Balaban J connectivity index is 0.00000144. The van der Waals surface area contributed by atoms with E-state index in [0.717, 1.165) is 0 Å². The molecule has 0 aromatic heterocycles. The van der Waals surface area contributed by atoms with Gasteiger partial charge in [0.2, 0.25) is 10.0 Å². The average molecular weight is 228 g/mol. The molecular formula is C7H8FKNO2S. The van der Waals surface area contributed by atoms with E-state index in [2.05, 4.69) is 0 Å². The molecular weight excluding hydrogens is 220 g/mol. The van der Waals surface area contributed by atoms with E-state index in [1.54, 1.807) is 0 Å². The molecule has 0 aliphatic carbocycles. The Morgan fingerprint density at radius 3 is 2.08 bits per heavy atom. The van der Waals surface area contributed by atoms with Crippen LogP contribution >= 0.6 is 0 Å². The van der Waals surface area contributed by atoms with Gasteiger partial charge >= 0.3 is 0 Å². The van der Waals surface area contributed by atoms with Gasteiger partial charge in [0.25, 0.3) is 0 Å². The second-order valence-corrected chi connectivity index (χ2v) is 4.05. The maximum absolute atomic E-state index is 12.3. The van der Waals surface area contributed by atoms with Gasteiger partial charge in [0.05, 0.1) is 5.75 Å². The van der Waals surface area contributed by atoms with E-state index >= 15 is 0 Å². The Morgan fingerprint density at radius 1 is 1.23 bits per heavy atom. The molecule has 1 aromatic rings. The Morgan fingerprint density at radius 2 is 1.69 bits per heavy atom. The van der Waals surface area contributed by atoms with Gasteiger partial charge < -0.3 is 0 Å². The first-order chi connectivity index (χ1) is 5.47. The van der Waals surface area contributed by atoms with Gasteiger partial charge in [-0.15, -0.1) is 0 Å². The second kappa shape index (κ2) is 5.55. The molecule has 2 N–H and O–H groups in total. The summed E-state index contributed by atoms with van der Waals surface area (Å²) in [5.41, 5.74) is 0.485. The first kappa shape index (κ1) is 13.7. The average Bonchev–Trinajstić information content (AvgIpc) is 1.91. The minimum absolute atomic E-state index is 0. The Kier molecular flexibility index (Phi) is 5.84. The van der Waals surface area contributed by atoms with Gasteiger partial charge in [0.1, 0.15) is 5.82 Å². The van der Waals surface area contributed by atoms with E-state index in [1.165, 1.54) is 24.3 Å². The zero-order chi connectivity index (χ0) is 9.19. The molecule has 0 aliphatic rings. The van der Waals surface area contributed by atoms with Crippen LogP contribution in [0.15, 0.2) is 24.3 Å². The van der Waals surface area contributed by atoms with Crippen LogP contribution in [0.5, 0.6) is 0 Å². The normalized spacial score (nSPS) is 10.6. The quantitative estimate of drug-likeness (QED) is 0.737. The fraction of sp³-hybridized carbons (Fsp3) is 0.143. The van der Waals surface area contributed by atoms with E-state index in [0.29, 0.717) is 5.56 Å². The molecule has 0 aliphatic heterocycles. The minimum atomic E-state index is -3.51. The molecule has 0 saturated carbocycles. The molecule has 0 unspecified atom stereocenters. The molecule has 3 nitrogen and oxygen atoms in total. The minimum Gasteiger partial charge on any atom is -0.228 e. The number of hydrogen-bond acceptors (Lipinski definition) is 2. The van der Waals surface area contributed by atoms with Crippen LogP contribution in [-0.2, 0) is 15.8 Å². The Labute approximate surface area is 119 Å². The van der Waals surface area contributed by atoms with Crippen LogP contribution in [0.3, 0.4) is 0 Å². The number of nitrogens with two attached hydrogens (primary N) is 1. The maximum atomic E-state index is 12.3. The fourth-order valence-electron chi connectivity index (χ4n) is 0.813. The molecule has 0 bridgehead atoms. The summed E-state index contributed by atoms with van der Waals surface area (Å²) < 4.78 is 33.5. The van der Waals surface area contributed by atoms with Crippen molar-refractivity contribution in [2.24, 2.45) is 5.14 Å². The van der Waals surface area contributed by atoms with Crippen molar-refractivity contribution in [2.45, 2.75) is 5.75 Å². The smallest absolute Gasteiger partial charge is 0.213 e. The summed E-state index contributed by atoms with van der Waals surface area (Å²) in [7, 11) is -3.51. The molecule has 1 rings (SSSR count). The number of halogens is 1. The molecule has 0 saturated heterocycles. The third kappa shape index (κ3) is 5.90. The van der Waals surface area contributed by atoms with Crippen LogP contribution in [0.1, 0.15) is 5.56 Å². The van der Waals surface area contributed by atoms with Crippen LogP contribution < -0.4 is 5.14 Å². The number of sulfonamides is 1. The predicted molar refractivity (Wildman–Crippen MR) is 49.0 cm³/mol. The van der Waals surface area contributed by atoms with Crippen molar-refractivity contribution in [3.05, 3.63) is 35.6 Å². The van der Waals surface area contributed by atoms with Crippen molar-refractivity contribution < 1.29 is 12.8 Å². The van der Waals surface area contributed by atoms with Gasteiger partial charge in [0.15, 0.2) is 0 Å². The van der Waals surface area contributed by atoms with E-state index in [4.69, 9.17) is 5.14 Å². The topological polar surface area (TPSA) is 60.2 Å². The van der Waals surface area contributed by atoms with Crippen molar-refractivity contribution >= 4 is 61.4 Å². The first-order valence-corrected chi connectivity index (χ1v) is 4.94. The third-order valence-corrected chi connectivity index (χ3v) is 2.02. The number of hydrogen-bond donors (Lipinski definition) is 1. The molecule has 0 heterocycles. The largest absolute Gasteiger partial charge is 0.228 e. The molecule has 1 aromatic carbocycles. The van der Waals surface area contributed by atoms with Crippen LogP contribution in [0.2, 0.25) is 0 Å². The van der Waals surface area contributed by atoms with Crippen molar-refractivity contribution in [1.29, 1.82) is 0 Å². The molecule has 0 fully saturated rings. The van der Waals surface area contributed by atoms with Crippen molar-refractivity contribution in [1.82, 2.24) is 0 Å². The zero-order valence-electron chi connectivity index (χ0n) is 7.20. The summed E-state index contributed by atoms with van der Waals surface area (Å²) in [6.07, 6.45) is 0.